The molecule has 1 fully saturated rings. The van der Waals surface area contributed by atoms with E-state index in [9.17, 15) is 25.2 Å². The van der Waals surface area contributed by atoms with E-state index in [0.29, 0.717) is 13.0 Å². The Bertz CT molecular complexity index is 874. The SMILES string of the molecule is CCCCC/C=C\C/C=C\CCCCCCCCOCC(COC1OC(CO)C(O)C(O)C1O)OC(=O)CCCCCCC/C=C\CCCCC. The number of rotatable bonds is 34. The molecule has 0 spiro atoms. The highest BCUT2D eigenvalue weighted by Crippen LogP contribution is 2.22. The Morgan fingerprint density at radius 1 is 0.627 bits per heavy atom. The van der Waals surface area contributed by atoms with Crippen LogP contribution in [0, 0.1) is 0 Å². The van der Waals surface area contributed by atoms with E-state index < -0.39 is 43.4 Å². The molecule has 6 unspecified atom stereocenters. The molecule has 1 heterocycles. The monoisotopic (exact) mass is 725 g/mol. The van der Waals surface area contributed by atoms with Crippen LogP contribution in [0.25, 0.3) is 0 Å². The molecule has 1 saturated heterocycles. The Kier molecular flexibility index (Phi) is 31.8. The molecule has 1 aliphatic heterocycles. The van der Waals surface area contributed by atoms with Gasteiger partial charge in [0.05, 0.1) is 19.8 Å². The van der Waals surface area contributed by atoms with Crippen LogP contribution in [-0.4, -0.2) is 89.6 Å². The first-order valence-corrected chi connectivity index (χ1v) is 20.6. The fourth-order valence-corrected chi connectivity index (χ4v) is 5.99. The molecule has 298 valence electrons. The van der Waals surface area contributed by atoms with Gasteiger partial charge in [0.15, 0.2) is 6.29 Å². The van der Waals surface area contributed by atoms with Crippen molar-refractivity contribution in [2.45, 2.75) is 198 Å². The predicted molar refractivity (Wildman–Crippen MR) is 205 cm³/mol. The van der Waals surface area contributed by atoms with Crippen LogP contribution in [-0.2, 0) is 23.7 Å². The van der Waals surface area contributed by atoms with Gasteiger partial charge in [0, 0.05) is 13.0 Å². The van der Waals surface area contributed by atoms with Crippen LogP contribution < -0.4 is 0 Å². The average Bonchev–Trinajstić information content (AvgIpc) is 3.13. The average molecular weight is 725 g/mol. The van der Waals surface area contributed by atoms with Gasteiger partial charge in [0.1, 0.15) is 30.5 Å². The molecule has 0 aromatic heterocycles. The molecule has 9 nitrogen and oxygen atoms in total. The third-order valence-corrected chi connectivity index (χ3v) is 9.28. The first kappa shape index (κ1) is 47.4. The summed E-state index contributed by atoms with van der Waals surface area (Å²) in [6, 6.07) is 0. The number of aliphatic hydroxyl groups excluding tert-OH is 4. The van der Waals surface area contributed by atoms with E-state index in [2.05, 4.69) is 50.3 Å². The van der Waals surface area contributed by atoms with Gasteiger partial charge in [-0.3, -0.25) is 4.79 Å². The number of hydrogen-bond acceptors (Lipinski definition) is 9. The normalized spacial score (nSPS) is 21.7. The van der Waals surface area contributed by atoms with E-state index in [0.717, 1.165) is 64.2 Å². The molecule has 0 saturated carbocycles. The van der Waals surface area contributed by atoms with E-state index in [4.69, 9.17) is 18.9 Å². The smallest absolute Gasteiger partial charge is 0.306 e. The minimum atomic E-state index is -1.54. The lowest BCUT2D eigenvalue weighted by molar-refractivity contribution is -0.305. The van der Waals surface area contributed by atoms with Crippen molar-refractivity contribution in [2.75, 3.05) is 26.4 Å². The maximum atomic E-state index is 12.7. The number of aliphatic hydroxyl groups is 4. The molecule has 0 aromatic carbocycles. The number of esters is 1. The summed E-state index contributed by atoms with van der Waals surface area (Å²) in [5, 5.41) is 40.0. The number of unbranched alkanes of at least 4 members (excludes halogenated alkanes) is 17. The Hall–Kier alpha value is -1.59. The van der Waals surface area contributed by atoms with E-state index in [1.165, 1.54) is 77.0 Å². The summed E-state index contributed by atoms with van der Waals surface area (Å²) in [5.74, 6) is -0.329. The zero-order valence-corrected chi connectivity index (χ0v) is 32.4. The van der Waals surface area contributed by atoms with Gasteiger partial charge in [-0.1, -0.05) is 121 Å². The summed E-state index contributed by atoms with van der Waals surface area (Å²) in [7, 11) is 0. The lowest BCUT2D eigenvalue weighted by atomic mass is 9.99. The molecule has 0 aliphatic carbocycles. The molecule has 1 rings (SSSR count). The summed E-state index contributed by atoms with van der Waals surface area (Å²) in [6.45, 7) is 4.46. The van der Waals surface area contributed by atoms with Gasteiger partial charge in [-0.25, -0.2) is 0 Å². The summed E-state index contributed by atoms with van der Waals surface area (Å²) < 4.78 is 22.7. The molecule has 0 amide bonds. The number of hydrogen-bond donors (Lipinski definition) is 4. The zero-order chi connectivity index (χ0) is 37.2. The minimum absolute atomic E-state index is 0.121. The molecule has 6 atom stereocenters. The second-order valence-electron chi connectivity index (χ2n) is 14.1. The molecular formula is C42H76O9. The molecule has 0 bridgehead atoms. The lowest BCUT2D eigenvalue weighted by Crippen LogP contribution is -2.59. The Balaban J connectivity index is 2.31. The van der Waals surface area contributed by atoms with Crippen molar-refractivity contribution in [3.63, 3.8) is 0 Å². The molecular weight excluding hydrogens is 648 g/mol. The topological polar surface area (TPSA) is 135 Å². The molecule has 9 heteroatoms. The Labute approximate surface area is 310 Å². The summed E-state index contributed by atoms with van der Waals surface area (Å²) >= 11 is 0. The number of carbonyl (C=O) groups is 1. The fourth-order valence-electron chi connectivity index (χ4n) is 5.99. The minimum Gasteiger partial charge on any atom is -0.457 e. The molecule has 0 aromatic rings. The molecule has 51 heavy (non-hydrogen) atoms. The fraction of sp³-hybridized carbons (Fsp3) is 0.833. The maximum absolute atomic E-state index is 12.7. The van der Waals surface area contributed by atoms with Crippen LogP contribution in [0.4, 0.5) is 0 Å². The Morgan fingerprint density at radius 3 is 1.71 bits per heavy atom. The van der Waals surface area contributed by atoms with Crippen LogP contribution in [0.2, 0.25) is 0 Å². The summed E-state index contributed by atoms with van der Waals surface area (Å²) in [5.41, 5.74) is 0. The number of allylic oxidation sites excluding steroid dienone is 6. The van der Waals surface area contributed by atoms with E-state index in [1.54, 1.807) is 0 Å². The number of ether oxygens (including phenoxy) is 4. The van der Waals surface area contributed by atoms with Crippen LogP contribution in [0.5, 0.6) is 0 Å². The van der Waals surface area contributed by atoms with Gasteiger partial charge < -0.3 is 39.4 Å². The van der Waals surface area contributed by atoms with E-state index >= 15 is 0 Å². The predicted octanol–water partition coefficient (Wildman–Crippen LogP) is 8.41. The first-order valence-electron chi connectivity index (χ1n) is 20.6. The van der Waals surface area contributed by atoms with Crippen molar-refractivity contribution in [2.24, 2.45) is 0 Å². The third-order valence-electron chi connectivity index (χ3n) is 9.28. The van der Waals surface area contributed by atoms with Crippen LogP contribution in [0.1, 0.15) is 162 Å². The van der Waals surface area contributed by atoms with E-state index in [1.807, 2.05) is 0 Å². The van der Waals surface area contributed by atoms with Crippen molar-refractivity contribution in [1.29, 1.82) is 0 Å². The largest absolute Gasteiger partial charge is 0.457 e. The van der Waals surface area contributed by atoms with Crippen LogP contribution >= 0.6 is 0 Å². The van der Waals surface area contributed by atoms with Crippen LogP contribution in [0.3, 0.4) is 0 Å². The lowest BCUT2D eigenvalue weighted by Gasteiger charge is -2.39. The van der Waals surface area contributed by atoms with Gasteiger partial charge in [-0.2, -0.15) is 0 Å². The van der Waals surface area contributed by atoms with Crippen molar-refractivity contribution < 1.29 is 44.2 Å². The van der Waals surface area contributed by atoms with Gasteiger partial charge in [-0.15, -0.1) is 0 Å². The Morgan fingerprint density at radius 2 is 1.14 bits per heavy atom. The summed E-state index contributed by atoms with van der Waals surface area (Å²) in [6.07, 6.45) is 31.6. The van der Waals surface area contributed by atoms with Crippen molar-refractivity contribution in [1.82, 2.24) is 0 Å². The van der Waals surface area contributed by atoms with Gasteiger partial charge >= 0.3 is 5.97 Å². The van der Waals surface area contributed by atoms with Crippen molar-refractivity contribution in [3.05, 3.63) is 36.5 Å². The highest BCUT2D eigenvalue weighted by Gasteiger charge is 2.44. The molecule has 1 aliphatic rings. The van der Waals surface area contributed by atoms with Gasteiger partial charge in [-0.05, 0) is 70.6 Å². The number of carbonyl (C=O) groups excluding carboxylic acids is 1. The molecule has 4 N–H and O–H groups in total. The highest BCUT2D eigenvalue weighted by atomic mass is 16.7. The van der Waals surface area contributed by atoms with Crippen molar-refractivity contribution >= 4 is 5.97 Å². The first-order chi connectivity index (χ1) is 24.9. The van der Waals surface area contributed by atoms with Crippen molar-refractivity contribution in [3.8, 4) is 0 Å². The van der Waals surface area contributed by atoms with E-state index in [-0.39, 0.29) is 19.2 Å². The van der Waals surface area contributed by atoms with Crippen LogP contribution in [0.15, 0.2) is 36.5 Å². The second kappa shape index (κ2) is 34.2. The highest BCUT2D eigenvalue weighted by molar-refractivity contribution is 5.69. The quantitative estimate of drug-likeness (QED) is 0.0293. The zero-order valence-electron chi connectivity index (χ0n) is 32.4. The molecule has 0 radical (unpaired) electrons. The van der Waals surface area contributed by atoms with Gasteiger partial charge in [0.2, 0.25) is 0 Å². The third kappa shape index (κ3) is 25.9. The second-order valence-corrected chi connectivity index (χ2v) is 14.1. The summed E-state index contributed by atoms with van der Waals surface area (Å²) in [4.78, 5) is 12.7. The maximum Gasteiger partial charge on any atom is 0.306 e. The standard InChI is InChI=1S/C42H76O9/c1-3-5-7-9-11-13-15-17-18-19-20-22-24-26-28-30-32-48-34-36(35-49-42-41(47)40(46)39(45)37(33-43)51-42)50-38(44)31-29-27-25-23-21-16-14-12-10-8-6-4-2/h11-14,17-18,36-37,39-43,45-47H,3-10,15-16,19-35H2,1-2H3/b13-11-,14-12-,18-17-. The van der Waals surface area contributed by atoms with Gasteiger partial charge in [0.25, 0.3) is 0 Å².